The van der Waals surface area contributed by atoms with Crippen LogP contribution in [-0.4, -0.2) is 32.6 Å². The summed E-state index contributed by atoms with van der Waals surface area (Å²) in [7, 11) is 0. The molecule has 4 nitrogen and oxygen atoms in total. The van der Waals surface area contributed by atoms with E-state index in [1.54, 1.807) is 0 Å². The van der Waals surface area contributed by atoms with Gasteiger partial charge >= 0.3 is 6.16 Å². The fourth-order valence-electron chi connectivity index (χ4n) is 5.97. The van der Waals surface area contributed by atoms with Crippen molar-refractivity contribution in [2.24, 2.45) is 0 Å². The van der Waals surface area contributed by atoms with Gasteiger partial charge in [-0.25, -0.2) is 0 Å². The molecule has 0 amide bonds. The predicted molar refractivity (Wildman–Crippen MR) is 155 cm³/mol. The van der Waals surface area contributed by atoms with E-state index < -0.39 is 6.16 Å². The highest BCUT2D eigenvalue weighted by Gasteiger charge is 2.45. The molecule has 0 atom stereocenters. The molecule has 6 aromatic carbocycles. The highest BCUT2D eigenvalue weighted by molar-refractivity contribution is 5.99. The molecule has 2 aliphatic heterocycles. The van der Waals surface area contributed by atoms with Gasteiger partial charge in [-0.1, -0.05) is 84.9 Å². The lowest BCUT2D eigenvalue weighted by Gasteiger charge is -2.42. The number of hydrogen-bond donors (Lipinski definition) is 0. The molecule has 1 spiro atoms. The SMILES string of the molecule is c1ccc2cc3cc(C4COC5(OC4)OCC(c4ccc6cc7ccccc7cc6c4)CO5)ccc3cc2c1. The second-order valence-electron chi connectivity index (χ2n) is 10.7. The Morgan fingerprint density at radius 1 is 0.385 bits per heavy atom. The Bertz CT molecular complexity index is 1700. The van der Waals surface area contributed by atoms with E-state index in [0.29, 0.717) is 26.4 Å². The van der Waals surface area contributed by atoms with Gasteiger partial charge in [-0.3, -0.25) is 0 Å². The summed E-state index contributed by atoms with van der Waals surface area (Å²) in [4.78, 5) is 0. The van der Waals surface area contributed by atoms with Gasteiger partial charge in [0.2, 0.25) is 0 Å². The summed E-state index contributed by atoms with van der Waals surface area (Å²) in [6.45, 7) is 1.92. The second-order valence-corrected chi connectivity index (χ2v) is 10.7. The van der Waals surface area contributed by atoms with Gasteiger partial charge in [0, 0.05) is 11.8 Å². The van der Waals surface area contributed by atoms with Crippen molar-refractivity contribution < 1.29 is 18.9 Å². The molecule has 0 aliphatic carbocycles. The van der Waals surface area contributed by atoms with Crippen molar-refractivity contribution >= 4 is 43.1 Å². The van der Waals surface area contributed by atoms with Crippen LogP contribution in [0.4, 0.5) is 0 Å². The van der Waals surface area contributed by atoms with Crippen molar-refractivity contribution in [1.29, 1.82) is 0 Å². The molecule has 2 saturated heterocycles. The molecular formula is C35H28O4. The molecule has 2 heterocycles. The minimum Gasteiger partial charge on any atom is -0.303 e. The van der Waals surface area contributed by atoms with E-state index in [1.807, 2.05) is 0 Å². The number of fused-ring (bicyclic) bond motifs is 4. The zero-order valence-electron chi connectivity index (χ0n) is 21.5. The van der Waals surface area contributed by atoms with Crippen molar-refractivity contribution in [2.75, 3.05) is 26.4 Å². The Kier molecular flexibility index (Phi) is 5.42. The Hall–Kier alpha value is -3.80. The third-order valence-corrected chi connectivity index (χ3v) is 8.25. The average molecular weight is 513 g/mol. The van der Waals surface area contributed by atoms with Gasteiger partial charge in [0.15, 0.2) is 0 Å². The Balaban J connectivity index is 0.957. The number of rotatable bonds is 2. The summed E-state index contributed by atoms with van der Waals surface area (Å²) in [5.41, 5.74) is 2.40. The van der Waals surface area contributed by atoms with E-state index >= 15 is 0 Å². The van der Waals surface area contributed by atoms with Gasteiger partial charge in [-0.15, -0.1) is 0 Å². The monoisotopic (exact) mass is 512 g/mol. The average Bonchev–Trinajstić information content (AvgIpc) is 2.99. The molecule has 8 rings (SSSR count). The van der Waals surface area contributed by atoms with Crippen LogP contribution in [0, 0.1) is 0 Å². The fourth-order valence-corrected chi connectivity index (χ4v) is 5.97. The summed E-state index contributed by atoms with van der Waals surface area (Å²) in [6.07, 6.45) is -1.41. The zero-order valence-corrected chi connectivity index (χ0v) is 21.5. The lowest BCUT2D eigenvalue weighted by atomic mass is 9.95. The van der Waals surface area contributed by atoms with E-state index in [9.17, 15) is 0 Å². The first kappa shape index (κ1) is 23.1. The normalized spacial score (nSPS) is 23.7. The van der Waals surface area contributed by atoms with E-state index in [4.69, 9.17) is 18.9 Å². The molecule has 0 unspecified atom stereocenters. The lowest BCUT2D eigenvalue weighted by molar-refractivity contribution is -0.528. The third kappa shape index (κ3) is 4.17. The molecule has 4 heteroatoms. The van der Waals surface area contributed by atoms with E-state index in [0.717, 1.165) is 0 Å². The van der Waals surface area contributed by atoms with Gasteiger partial charge in [-0.2, -0.15) is 0 Å². The first-order valence-corrected chi connectivity index (χ1v) is 13.6. The lowest BCUT2D eigenvalue weighted by Crippen LogP contribution is -2.52. The summed E-state index contributed by atoms with van der Waals surface area (Å²) in [5, 5.41) is 9.92. The van der Waals surface area contributed by atoms with Gasteiger partial charge < -0.3 is 18.9 Å². The van der Waals surface area contributed by atoms with Crippen LogP contribution in [-0.2, 0) is 18.9 Å². The Morgan fingerprint density at radius 3 is 1.10 bits per heavy atom. The van der Waals surface area contributed by atoms with Crippen LogP contribution in [0.25, 0.3) is 43.1 Å². The molecule has 2 fully saturated rings. The molecule has 0 bridgehead atoms. The highest BCUT2D eigenvalue weighted by Crippen LogP contribution is 2.37. The molecule has 0 saturated carbocycles. The predicted octanol–water partition coefficient (Wildman–Crippen LogP) is 7.87. The van der Waals surface area contributed by atoms with Crippen LogP contribution < -0.4 is 0 Å². The summed E-state index contributed by atoms with van der Waals surface area (Å²) >= 11 is 0. The van der Waals surface area contributed by atoms with Crippen LogP contribution in [0.15, 0.2) is 109 Å². The van der Waals surface area contributed by atoms with Gasteiger partial charge in [0.25, 0.3) is 0 Å². The smallest absolute Gasteiger partial charge is 0.303 e. The van der Waals surface area contributed by atoms with Crippen LogP contribution in [0.2, 0.25) is 0 Å². The van der Waals surface area contributed by atoms with Crippen molar-refractivity contribution in [2.45, 2.75) is 18.0 Å². The molecule has 39 heavy (non-hydrogen) atoms. The van der Waals surface area contributed by atoms with Crippen molar-refractivity contribution in [3.05, 3.63) is 120 Å². The molecular weight excluding hydrogens is 484 g/mol. The van der Waals surface area contributed by atoms with Crippen LogP contribution >= 0.6 is 0 Å². The maximum absolute atomic E-state index is 6.09. The van der Waals surface area contributed by atoms with Crippen molar-refractivity contribution in [1.82, 2.24) is 0 Å². The first-order chi connectivity index (χ1) is 19.2. The largest absolute Gasteiger partial charge is 0.412 e. The Morgan fingerprint density at radius 2 is 0.718 bits per heavy atom. The molecule has 0 radical (unpaired) electrons. The van der Waals surface area contributed by atoms with Gasteiger partial charge in [0.1, 0.15) is 0 Å². The maximum Gasteiger partial charge on any atom is 0.412 e. The summed E-state index contributed by atoms with van der Waals surface area (Å²) < 4.78 is 24.4. The number of benzene rings is 6. The van der Waals surface area contributed by atoms with E-state index in [2.05, 4.69) is 109 Å². The highest BCUT2D eigenvalue weighted by atomic mass is 17.0. The van der Waals surface area contributed by atoms with Crippen LogP contribution in [0.3, 0.4) is 0 Å². The van der Waals surface area contributed by atoms with E-state index in [-0.39, 0.29) is 11.8 Å². The topological polar surface area (TPSA) is 36.9 Å². The zero-order chi connectivity index (χ0) is 25.8. The molecule has 192 valence electrons. The minimum atomic E-state index is -1.41. The molecule has 0 aromatic heterocycles. The quantitative estimate of drug-likeness (QED) is 0.221. The summed E-state index contributed by atoms with van der Waals surface area (Å²) in [5.74, 6) is 0.235. The molecule has 0 N–H and O–H groups in total. The van der Waals surface area contributed by atoms with Crippen LogP contribution in [0.5, 0.6) is 0 Å². The van der Waals surface area contributed by atoms with Gasteiger partial charge in [-0.05, 0) is 78.5 Å². The van der Waals surface area contributed by atoms with E-state index in [1.165, 1.54) is 54.2 Å². The van der Waals surface area contributed by atoms with Gasteiger partial charge in [0.05, 0.1) is 26.4 Å². The molecule has 6 aromatic rings. The standard InChI is InChI=1S/C35H28O4/c1-3-7-25-15-31-17-29(11-9-27(31)13-23(25)5-1)33-19-36-35(37-20-33)38-21-34(22-39-35)30-12-10-28-14-24-6-2-4-8-26(24)16-32(28)18-30/h1-18,33-34H,19-22H2. The summed E-state index contributed by atoms with van der Waals surface area (Å²) in [6, 6.07) is 39.2. The maximum atomic E-state index is 6.09. The Labute approximate surface area is 226 Å². The van der Waals surface area contributed by atoms with Crippen molar-refractivity contribution in [3.8, 4) is 0 Å². The van der Waals surface area contributed by atoms with Crippen LogP contribution in [0.1, 0.15) is 23.0 Å². The van der Waals surface area contributed by atoms with Crippen molar-refractivity contribution in [3.63, 3.8) is 0 Å². The molecule has 2 aliphatic rings. The number of ether oxygens (including phenoxy) is 4. The minimum absolute atomic E-state index is 0.117. The number of hydrogen-bond acceptors (Lipinski definition) is 4. The third-order valence-electron chi connectivity index (χ3n) is 8.25. The second kappa shape index (κ2) is 9.15. The fraction of sp³-hybridized carbons (Fsp3) is 0.200. The first-order valence-electron chi connectivity index (χ1n) is 13.6.